The molecular weight excluding hydrogens is 220 g/mol. The van der Waals surface area contributed by atoms with Gasteiger partial charge in [-0.05, 0) is 25.0 Å². The van der Waals surface area contributed by atoms with E-state index in [0.29, 0.717) is 11.5 Å². The van der Waals surface area contributed by atoms with Crippen LogP contribution < -0.4 is 5.73 Å². The first kappa shape index (κ1) is 11.7. The van der Waals surface area contributed by atoms with Crippen LogP contribution in [0.25, 0.3) is 11.5 Å². The highest BCUT2D eigenvalue weighted by atomic mass is 16.5. The molecular formula is C11H14N4O2. The van der Waals surface area contributed by atoms with Crippen LogP contribution in [0.3, 0.4) is 0 Å². The number of hydrogen-bond acceptors (Lipinski definition) is 6. The molecule has 17 heavy (non-hydrogen) atoms. The Morgan fingerprint density at radius 1 is 1.47 bits per heavy atom. The Hall–Kier alpha value is -1.79. The zero-order chi connectivity index (χ0) is 12.4. The Labute approximate surface area is 98.5 Å². The fraction of sp³-hybridized carbons (Fsp3) is 0.364. The van der Waals surface area contributed by atoms with Gasteiger partial charge >= 0.3 is 0 Å². The minimum absolute atomic E-state index is 0.0436. The third-order valence-electron chi connectivity index (χ3n) is 2.38. The van der Waals surface area contributed by atoms with Crippen LogP contribution in [0.15, 0.2) is 16.8 Å². The van der Waals surface area contributed by atoms with Crippen molar-refractivity contribution in [3.63, 3.8) is 0 Å². The van der Waals surface area contributed by atoms with Crippen LogP contribution in [0.5, 0.6) is 0 Å². The maximum absolute atomic E-state index is 9.46. The van der Waals surface area contributed by atoms with Crippen molar-refractivity contribution in [2.45, 2.75) is 20.0 Å². The second kappa shape index (κ2) is 4.60. The Morgan fingerprint density at radius 2 is 2.24 bits per heavy atom. The minimum atomic E-state index is -0.929. The molecule has 3 N–H and O–H groups in total. The zero-order valence-electron chi connectivity index (χ0n) is 9.71. The lowest BCUT2D eigenvalue weighted by Gasteiger charge is -2.00. The number of nitrogens with two attached hydrogens (primary N) is 1. The Balaban J connectivity index is 2.37. The molecule has 0 radical (unpaired) electrons. The topological polar surface area (TPSA) is 98.1 Å². The average Bonchev–Trinajstić information content (AvgIpc) is 2.77. The number of pyridine rings is 1. The fourth-order valence-electron chi connectivity index (χ4n) is 1.52. The van der Waals surface area contributed by atoms with Gasteiger partial charge in [-0.15, -0.1) is 0 Å². The Kier molecular flexibility index (Phi) is 3.16. The predicted octanol–water partition coefficient (Wildman–Crippen LogP) is 0.741. The van der Waals surface area contributed by atoms with Crippen molar-refractivity contribution < 1.29 is 9.63 Å². The normalized spacial score (nSPS) is 12.7. The number of aliphatic hydroxyl groups excluding tert-OH is 1. The van der Waals surface area contributed by atoms with Crippen molar-refractivity contribution >= 4 is 0 Å². The van der Waals surface area contributed by atoms with Crippen molar-refractivity contribution in [2.75, 3.05) is 6.54 Å². The van der Waals surface area contributed by atoms with Gasteiger partial charge in [-0.3, -0.25) is 4.98 Å². The number of nitrogens with zero attached hydrogens (tertiary/aromatic N) is 3. The van der Waals surface area contributed by atoms with Crippen LogP contribution >= 0.6 is 0 Å². The smallest absolute Gasteiger partial charge is 0.257 e. The molecule has 90 valence electrons. The lowest BCUT2D eigenvalue weighted by Crippen LogP contribution is -2.11. The van der Waals surface area contributed by atoms with Crippen LogP contribution in [0.4, 0.5) is 0 Å². The number of hydrogen-bond donors (Lipinski definition) is 2. The minimum Gasteiger partial charge on any atom is -0.382 e. The van der Waals surface area contributed by atoms with E-state index in [2.05, 4.69) is 15.1 Å². The summed E-state index contributed by atoms with van der Waals surface area (Å²) in [5.74, 6) is 0.481. The van der Waals surface area contributed by atoms with Gasteiger partial charge in [0.25, 0.3) is 5.89 Å². The number of aromatic nitrogens is 3. The lowest BCUT2D eigenvalue weighted by molar-refractivity contribution is 0.141. The second-order valence-corrected chi connectivity index (χ2v) is 3.89. The van der Waals surface area contributed by atoms with Crippen LogP contribution in [0.1, 0.15) is 23.1 Å². The summed E-state index contributed by atoms with van der Waals surface area (Å²) in [5, 5.41) is 13.2. The van der Waals surface area contributed by atoms with E-state index in [1.54, 1.807) is 6.20 Å². The molecule has 0 bridgehead atoms. The molecule has 2 aromatic heterocycles. The van der Waals surface area contributed by atoms with Crippen molar-refractivity contribution in [2.24, 2.45) is 5.73 Å². The maximum atomic E-state index is 9.46. The van der Waals surface area contributed by atoms with Gasteiger partial charge in [-0.2, -0.15) is 4.98 Å². The SMILES string of the molecule is Cc1cnc(-c2noc(C(O)CN)n2)c(C)c1. The van der Waals surface area contributed by atoms with Crippen LogP contribution in [0, 0.1) is 13.8 Å². The zero-order valence-corrected chi connectivity index (χ0v) is 9.71. The van der Waals surface area contributed by atoms with Crippen LogP contribution in [0.2, 0.25) is 0 Å². The van der Waals surface area contributed by atoms with E-state index in [4.69, 9.17) is 10.3 Å². The van der Waals surface area contributed by atoms with Gasteiger partial charge in [0.15, 0.2) is 0 Å². The highest BCUT2D eigenvalue weighted by Crippen LogP contribution is 2.20. The summed E-state index contributed by atoms with van der Waals surface area (Å²) in [7, 11) is 0. The summed E-state index contributed by atoms with van der Waals surface area (Å²) >= 11 is 0. The predicted molar refractivity (Wildman–Crippen MR) is 61.0 cm³/mol. The van der Waals surface area contributed by atoms with Crippen molar-refractivity contribution in [3.8, 4) is 11.5 Å². The summed E-state index contributed by atoms with van der Waals surface area (Å²) in [5.41, 5.74) is 7.98. The first-order chi connectivity index (χ1) is 8.11. The van der Waals surface area contributed by atoms with E-state index in [9.17, 15) is 5.11 Å². The third kappa shape index (κ3) is 2.32. The number of aryl methyl sites for hydroxylation is 2. The molecule has 0 saturated heterocycles. The van der Waals surface area contributed by atoms with Crippen LogP contribution in [-0.2, 0) is 0 Å². The van der Waals surface area contributed by atoms with Gasteiger partial charge in [0.05, 0.1) is 0 Å². The Morgan fingerprint density at radius 3 is 2.88 bits per heavy atom. The van der Waals surface area contributed by atoms with Gasteiger partial charge in [0, 0.05) is 12.7 Å². The molecule has 2 aromatic rings. The fourth-order valence-corrected chi connectivity index (χ4v) is 1.52. The number of aliphatic hydroxyl groups is 1. The molecule has 0 spiro atoms. The molecule has 0 fully saturated rings. The molecule has 1 atom stereocenters. The molecule has 0 saturated carbocycles. The summed E-state index contributed by atoms with van der Waals surface area (Å²) < 4.78 is 4.93. The van der Waals surface area contributed by atoms with Crippen molar-refractivity contribution in [1.82, 2.24) is 15.1 Å². The van der Waals surface area contributed by atoms with Gasteiger partial charge in [0.1, 0.15) is 11.8 Å². The quantitative estimate of drug-likeness (QED) is 0.812. The number of rotatable bonds is 3. The van der Waals surface area contributed by atoms with E-state index in [-0.39, 0.29) is 12.4 Å². The van der Waals surface area contributed by atoms with Crippen molar-refractivity contribution in [3.05, 3.63) is 29.3 Å². The highest BCUT2D eigenvalue weighted by molar-refractivity contribution is 5.54. The monoisotopic (exact) mass is 234 g/mol. The molecule has 0 aromatic carbocycles. The molecule has 0 amide bonds. The van der Waals surface area contributed by atoms with Gasteiger partial charge in [-0.25, -0.2) is 0 Å². The summed E-state index contributed by atoms with van der Waals surface area (Å²) in [6, 6.07) is 1.98. The third-order valence-corrected chi connectivity index (χ3v) is 2.38. The van der Waals surface area contributed by atoms with Gasteiger partial charge in [0.2, 0.25) is 5.82 Å². The van der Waals surface area contributed by atoms with Gasteiger partial charge < -0.3 is 15.4 Å². The molecule has 0 aliphatic rings. The van der Waals surface area contributed by atoms with E-state index in [0.717, 1.165) is 11.1 Å². The van der Waals surface area contributed by atoms with Gasteiger partial charge in [-0.1, -0.05) is 11.2 Å². The largest absolute Gasteiger partial charge is 0.382 e. The molecule has 0 aliphatic heterocycles. The first-order valence-corrected chi connectivity index (χ1v) is 5.27. The first-order valence-electron chi connectivity index (χ1n) is 5.27. The lowest BCUT2D eigenvalue weighted by atomic mass is 10.1. The Bertz CT molecular complexity index is 524. The molecule has 6 heteroatoms. The highest BCUT2D eigenvalue weighted by Gasteiger charge is 2.17. The average molecular weight is 234 g/mol. The molecule has 1 unspecified atom stereocenters. The molecule has 2 rings (SSSR count). The summed E-state index contributed by atoms with van der Waals surface area (Å²) in [4.78, 5) is 8.32. The van der Waals surface area contributed by atoms with E-state index in [1.807, 2.05) is 19.9 Å². The molecule has 6 nitrogen and oxygen atoms in total. The maximum Gasteiger partial charge on any atom is 0.257 e. The molecule has 0 aliphatic carbocycles. The molecule has 2 heterocycles. The second-order valence-electron chi connectivity index (χ2n) is 3.89. The van der Waals surface area contributed by atoms with Crippen molar-refractivity contribution in [1.29, 1.82) is 0 Å². The van der Waals surface area contributed by atoms with E-state index >= 15 is 0 Å². The standard InChI is InChI=1S/C11H14N4O2/c1-6-3-7(2)9(13-5-6)10-14-11(17-15-10)8(16)4-12/h3,5,8,16H,4,12H2,1-2H3. The van der Waals surface area contributed by atoms with E-state index in [1.165, 1.54) is 0 Å². The summed E-state index contributed by atoms with van der Waals surface area (Å²) in [6.45, 7) is 3.93. The van der Waals surface area contributed by atoms with E-state index < -0.39 is 6.10 Å². The summed E-state index contributed by atoms with van der Waals surface area (Å²) in [6.07, 6.45) is 0.805. The van der Waals surface area contributed by atoms with Crippen LogP contribution in [-0.4, -0.2) is 26.8 Å².